The molecule has 1 saturated heterocycles. The van der Waals surface area contributed by atoms with Gasteiger partial charge in [-0.3, -0.25) is 9.59 Å². The van der Waals surface area contributed by atoms with Crippen LogP contribution >= 0.6 is 11.6 Å². The molecule has 0 aliphatic carbocycles. The Morgan fingerprint density at radius 2 is 2.33 bits per heavy atom. The van der Waals surface area contributed by atoms with Gasteiger partial charge < -0.3 is 10.2 Å². The summed E-state index contributed by atoms with van der Waals surface area (Å²) >= 11 is 5.76. The molecule has 1 aliphatic rings. The van der Waals surface area contributed by atoms with Gasteiger partial charge in [0.15, 0.2) is 0 Å². The van der Waals surface area contributed by atoms with Crippen LogP contribution in [-0.2, 0) is 4.79 Å². The minimum absolute atomic E-state index is 0.124. The fraction of sp³-hybridized carbons (Fsp3) is 0.417. The van der Waals surface area contributed by atoms with Gasteiger partial charge >= 0.3 is 0 Å². The van der Waals surface area contributed by atoms with Gasteiger partial charge in [-0.05, 0) is 25.0 Å². The number of likely N-dealkylation sites (tertiary alicyclic amines) is 1. The van der Waals surface area contributed by atoms with Crippen LogP contribution in [0, 0.1) is 0 Å². The highest BCUT2D eigenvalue weighted by atomic mass is 35.5. The number of hydrogen-bond donors (Lipinski definition) is 1. The molecule has 1 N–H and O–H groups in total. The van der Waals surface area contributed by atoms with E-state index in [1.54, 1.807) is 18.0 Å². The molecular formula is C12H14ClN3O2. The Bertz CT molecular complexity index is 478. The van der Waals surface area contributed by atoms with Gasteiger partial charge in [0.2, 0.25) is 5.91 Å². The number of nitrogens with zero attached hydrogens (tertiary/aromatic N) is 2. The minimum atomic E-state index is -0.380. The van der Waals surface area contributed by atoms with E-state index in [2.05, 4.69) is 10.3 Å². The summed E-state index contributed by atoms with van der Waals surface area (Å²) in [6.45, 7) is 0.594. The zero-order valence-corrected chi connectivity index (χ0v) is 10.8. The summed E-state index contributed by atoms with van der Waals surface area (Å²) in [6.07, 6.45) is 3.02. The van der Waals surface area contributed by atoms with E-state index in [1.807, 2.05) is 0 Å². The number of pyridine rings is 1. The number of rotatable bonds is 2. The van der Waals surface area contributed by atoms with Gasteiger partial charge in [0.25, 0.3) is 5.91 Å². The molecule has 96 valence electrons. The predicted molar refractivity (Wildman–Crippen MR) is 67.4 cm³/mol. The van der Waals surface area contributed by atoms with Crippen molar-refractivity contribution in [2.24, 2.45) is 0 Å². The fourth-order valence-electron chi connectivity index (χ4n) is 2.15. The molecule has 2 rings (SSSR count). The molecule has 1 unspecified atom stereocenters. The van der Waals surface area contributed by atoms with Crippen LogP contribution in [0.5, 0.6) is 0 Å². The maximum Gasteiger partial charge on any atom is 0.254 e. The normalized spacial score (nSPS) is 18.8. The van der Waals surface area contributed by atoms with Crippen LogP contribution in [0.25, 0.3) is 0 Å². The van der Waals surface area contributed by atoms with Gasteiger partial charge in [0.1, 0.15) is 11.2 Å². The number of hydrogen-bond acceptors (Lipinski definition) is 3. The van der Waals surface area contributed by atoms with Gasteiger partial charge in [-0.15, -0.1) is 0 Å². The molecule has 1 atom stereocenters. The van der Waals surface area contributed by atoms with Crippen molar-refractivity contribution in [1.82, 2.24) is 15.2 Å². The van der Waals surface area contributed by atoms with Crippen LogP contribution < -0.4 is 5.32 Å². The second kappa shape index (κ2) is 5.35. The Morgan fingerprint density at radius 1 is 1.56 bits per heavy atom. The highest BCUT2D eigenvalue weighted by Gasteiger charge is 2.33. The van der Waals surface area contributed by atoms with Crippen molar-refractivity contribution in [1.29, 1.82) is 0 Å². The molecule has 0 aromatic carbocycles. The summed E-state index contributed by atoms with van der Waals surface area (Å²) in [4.78, 5) is 29.4. The molecule has 1 aliphatic heterocycles. The maximum absolute atomic E-state index is 12.3. The lowest BCUT2D eigenvalue weighted by Gasteiger charge is -2.23. The van der Waals surface area contributed by atoms with E-state index < -0.39 is 0 Å². The largest absolute Gasteiger partial charge is 0.357 e. The van der Waals surface area contributed by atoms with E-state index in [-0.39, 0.29) is 23.0 Å². The number of carbonyl (C=O) groups is 2. The first-order valence-corrected chi connectivity index (χ1v) is 6.15. The first kappa shape index (κ1) is 12.8. The van der Waals surface area contributed by atoms with Crippen LogP contribution in [0.1, 0.15) is 23.2 Å². The highest BCUT2D eigenvalue weighted by Crippen LogP contribution is 2.21. The lowest BCUT2D eigenvalue weighted by atomic mass is 10.2. The van der Waals surface area contributed by atoms with Crippen molar-refractivity contribution in [3.63, 3.8) is 0 Å². The second-order valence-electron chi connectivity index (χ2n) is 4.14. The van der Waals surface area contributed by atoms with Gasteiger partial charge in [0.05, 0.1) is 0 Å². The summed E-state index contributed by atoms with van der Waals surface area (Å²) in [7, 11) is 1.58. The Morgan fingerprint density at radius 3 is 3.00 bits per heavy atom. The molecule has 1 aromatic heterocycles. The smallest absolute Gasteiger partial charge is 0.254 e. The Labute approximate surface area is 110 Å². The molecule has 5 nitrogen and oxygen atoms in total. The summed E-state index contributed by atoms with van der Waals surface area (Å²) in [6, 6.07) is 2.74. The zero-order valence-electron chi connectivity index (χ0n) is 10.0. The van der Waals surface area contributed by atoms with E-state index in [9.17, 15) is 9.59 Å². The number of nitrogens with one attached hydrogen (secondary N) is 1. The minimum Gasteiger partial charge on any atom is -0.357 e. The summed E-state index contributed by atoms with van der Waals surface area (Å²) < 4.78 is 0. The van der Waals surface area contributed by atoms with Gasteiger partial charge in [-0.25, -0.2) is 4.98 Å². The maximum atomic E-state index is 12.3. The number of halogens is 1. The van der Waals surface area contributed by atoms with E-state index in [4.69, 9.17) is 11.6 Å². The topological polar surface area (TPSA) is 62.3 Å². The lowest BCUT2D eigenvalue weighted by molar-refractivity contribution is -0.124. The van der Waals surface area contributed by atoms with Crippen molar-refractivity contribution in [2.75, 3.05) is 13.6 Å². The SMILES string of the molecule is CNC(=O)C1CCCN1C(=O)c1ccnc(Cl)c1. The third-order valence-electron chi connectivity index (χ3n) is 3.04. The first-order chi connectivity index (χ1) is 8.63. The number of amides is 2. The summed E-state index contributed by atoms with van der Waals surface area (Å²) in [5.74, 6) is -0.300. The lowest BCUT2D eigenvalue weighted by Crippen LogP contribution is -2.44. The Kier molecular flexibility index (Phi) is 3.81. The van der Waals surface area contributed by atoms with Crippen LogP contribution in [0.2, 0.25) is 5.15 Å². The average molecular weight is 268 g/mol. The number of likely N-dealkylation sites (N-methyl/N-ethyl adjacent to an activating group) is 1. The van der Waals surface area contributed by atoms with Crippen molar-refractivity contribution < 1.29 is 9.59 Å². The van der Waals surface area contributed by atoms with Gasteiger partial charge in [0, 0.05) is 25.4 Å². The van der Waals surface area contributed by atoms with E-state index in [1.165, 1.54) is 12.3 Å². The molecule has 18 heavy (non-hydrogen) atoms. The zero-order chi connectivity index (χ0) is 13.1. The fourth-order valence-corrected chi connectivity index (χ4v) is 2.32. The van der Waals surface area contributed by atoms with E-state index >= 15 is 0 Å². The number of aromatic nitrogens is 1. The summed E-state index contributed by atoms with van der Waals surface area (Å²) in [5, 5.41) is 2.86. The molecule has 0 saturated carbocycles. The van der Waals surface area contributed by atoms with Gasteiger partial charge in [-0.2, -0.15) is 0 Å². The third kappa shape index (κ3) is 2.46. The molecule has 0 bridgehead atoms. The number of carbonyl (C=O) groups excluding carboxylic acids is 2. The van der Waals surface area contributed by atoms with Crippen molar-refractivity contribution in [2.45, 2.75) is 18.9 Å². The van der Waals surface area contributed by atoms with Crippen LogP contribution in [0.15, 0.2) is 18.3 Å². The molecule has 6 heteroatoms. The Balaban J connectivity index is 2.20. The van der Waals surface area contributed by atoms with E-state index in [0.29, 0.717) is 18.5 Å². The first-order valence-electron chi connectivity index (χ1n) is 5.77. The van der Waals surface area contributed by atoms with Crippen LogP contribution in [-0.4, -0.2) is 41.3 Å². The van der Waals surface area contributed by atoms with E-state index in [0.717, 1.165) is 6.42 Å². The molecule has 0 radical (unpaired) electrons. The molecule has 1 aromatic rings. The average Bonchev–Trinajstić information content (AvgIpc) is 2.86. The van der Waals surface area contributed by atoms with Gasteiger partial charge in [-0.1, -0.05) is 11.6 Å². The third-order valence-corrected chi connectivity index (χ3v) is 3.24. The Hall–Kier alpha value is -1.62. The highest BCUT2D eigenvalue weighted by molar-refractivity contribution is 6.29. The quantitative estimate of drug-likeness (QED) is 0.816. The second-order valence-corrected chi connectivity index (χ2v) is 4.53. The molecule has 2 heterocycles. The monoisotopic (exact) mass is 267 g/mol. The standard InChI is InChI=1S/C12H14ClN3O2/c1-14-11(17)9-3-2-6-16(9)12(18)8-4-5-15-10(13)7-8/h4-5,7,9H,2-3,6H2,1H3,(H,14,17). The van der Waals surface area contributed by atoms with Crippen molar-refractivity contribution in [3.8, 4) is 0 Å². The predicted octanol–water partition coefficient (Wildman–Crippen LogP) is 1.09. The molecule has 2 amide bonds. The van der Waals surface area contributed by atoms with Crippen molar-refractivity contribution in [3.05, 3.63) is 29.0 Å². The molecular weight excluding hydrogens is 254 g/mol. The summed E-state index contributed by atoms with van der Waals surface area (Å²) in [5.41, 5.74) is 0.464. The van der Waals surface area contributed by atoms with Crippen LogP contribution in [0.3, 0.4) is 0 Å². The molecule has 1 fully saturated rings. The van der Waals surface area contributed by atoms with Crippen LogP contribution in [0.4, 0.5) is 0 Å². The van der Waals surface area contributed by atoms with Crippen molar-refractivity contribution >= 4 is 23.4 Å². The molecule has 0 spiro atoms.